The molecule has 1 atom stereocenters. The van der Waals surface area contributed by atoms with Crippen LogP contribution in [0.2, 0.25) is 0 Å². The van der Waals surface area contributed by atoms with Crippen LogP contribution in [0.15, 0.2) is 34.2 Å². The third-order valence-corrected chi connectivity index (χ3v) is 4.24. The number of halogens is 1. The smallest absolute Gasteiger partial charge is 0.257 e. The zero-order valence-corrected chi connectivity index (χ0v) is 12.7. The van der Waals surface area contributed by atoms with E-state index < -0.39 is 5.92 Å². The van der Waals surface area contributed by atoms with Crippen molar-refractivity contribution < 1.29 is 9.18 Å². The second kappa shape index (κ2) is 5.92. The van der Waals surface area contributed by atoms with Gasteiger partial charge in [0.2, 0.25) is 5.91 Å². The number of aromatic nitrogens is 2. The number of amides is 1. The van der Waals surface area contributed by atoms with Crippen LogP contribution >= 0.6 is 11.8 Å². The maximum atomic E-state index is 13.1. The standard InChI is InChI=1S/C15H14FN3O2S/c1-2-22-15-18-13-12(14(21)19-15)10(7-11(20)17-13)8-3-5-9(16)6-4-8/h3-6,10H,2,7H2,1H3,(H2,17,18,19,20,21)/t10-/m1/s1. The Kier molecular flexibility index (Phi) is 3.98. The summed E-state index contributed by atoms with van der Waals surface area (Å²) < 4.78 is 13.1. The second-order valence-corrected chi connectivity index (χ2v) is 6.18. The minimum Gasteiger partial charge on any atom is -0.310 e. The summed E-state index contributed by atoms with van der Waals surface area (Å²) in [6.07, 6.45) is 0.143. The van der Waals surface area contributed by atoms with Crippen molar-refractivity contribution in [3.05, 3.63) is 51.6 Å². The van der Waals surface area contributed by atoms with E-state index in [0.29, 0.717) is 16.5 Å². The van der Waals surface area contributed by atoms with Crippen molar-refractivity contribution in [2.75, 3.05) is 11.1 Å². The number of carbonyl (C=O) groups is 1. The van der Waals surface area contributed by atoms with Crippen LogP contribution in [0.5, 0.6) is 0 Å². The molecule has 1 amide bonds. The van der Waals surface area contributed by atoms with Gasteiger partial charge >= 0.3 is 0 Å². The van der Waals surface area contributed by atoms with E-state index in [0.717, 1.165) is 11.3 Å². The first-order valence-electron chi connectivity index (χ1n) is 6.90. The summed E-state index contributed by atoms with van der Waals surface area (Å²) >= 11 is 1.39. The van der Waals surface area contributed by atoms with E-state index in [2.05, 4.69) is 15.3 Å². The lowest BCUT2D eigenvalue weighted by atomic mass is 9.87. The minimum atomic E-state index is -0.415. The number of rotatable bonds is 3. The summed E-state index contributed by atoms with van der Waals surface area (Å²) in [5.41, 5.74) is 0.877. The number of anilines is 1. The van der Waals surface area contributed by atoms with Gasteiger partial charge in [0.15, 0.2) is 5.16 Å². The normalized spacial score (nSPS) is 17.0. The molecule has 2 N–H and O–H groups in total. The molecule has 0 spiro atoms. The molecular weight excluding hydrogens is 305 g/mol. The predicted molar refractivity (Wildman–Crippen MR) is 82.7 cm³/mol. The molecule has 1 aliphatic rings. The van der Waals surface area contributed by atoms with E-state index in [1.165, 1.54) is 23.9 Å². The number of thioether (sulfide) groups is 1. The number of nitrogens with one attached hydrogen (secondary N) is 2. The van der Waals surface area contributed by atoms with Crippen molar-refractivity contribution in [1.29, 1.82) is 0 Å². The monoisotopic (exact) mass is 319 g/mol. The average Bonchev–Trinajstić information content (AvgIpc) is 2.47. The number of hydrogen-bond donors (Lipinski definition) is 2. The highest BCUT2D eigenvalue weighted by Gasteiger charge is 2.30. The Morgan fingerprint density at radius 2 is 2.05 bits per heavy atom. The number of carbonyl (C=O) groups excluding carboxylic acids is 1. The molecule has 0 radical (unpaired) electrons. The molecule has 5 nitrogen and oxygen atoms in total. The van der Waals surface area contributed by atoms with Crippen LogP contribution < -0.4 is 10.9 Å². The predicted octanol–water partition coefficient (Wildman–Crippen LogP) is 2.50. The van der Waals surface area contributed by atoms with Gasteiger partial charge in [0.25, 0.3) is 5.56 Å². The Morgan fingerprint density at radius 1 is 1.32 bits per heavy atom. The highest BCUT2D eigenvalue weighted by molar-refractivity contribution is 7.99. The number of aromatic amines is 1. The van der Waals surface area contributed by atoms with Gasteiger partial charge in [-0.1, -0.05) is 30.8 Å². The minimum absolute atomic E-state index is 0.143. The van der Waals surface area contributed by atoms with Gasteiger partial charge in [-0.25, -0.2) is 9.37 Å². The third-order valence-electron chi connectivity index (χ3n) is 3.48. The van der Waals surface area contributed by atoms with Crippen LogP contribution in [0.3, 0.4) is 0 Å². The van der Waals surface area contributed by atoms with Crippen LogP contribution in [0.4, 0.5) is 10.2 Å². The molecule has 2 heterocycles. The molecule has 22 heavy (non-hydrogen) atoms. The zero-order chi connectivity index (χ0) is 15.7. The summed E-state index contributed by atoms with van der Waals surface area (Å²) in [6, 6.07) is 5.84. The van der Waals surface area contributed by atoms with E-state index >= 15 is 0 Å². The maximum Gasteiger partial charge on any atom is 0.257 e. The molecule has 114 valence electrons. The molecule has 0 saturated heterocycles. The first kappa shape index (κ1) is 14.8. The van der Waals surface area contributed by atoms with Crippen molar-refractivity contribution in [1.82, 2.24) is 9.97 Å². The van der Waals surface area contributed by atoms with Crippen molar-refractivity contribution in [2.45, 2.75) is 24.4 Å². The van der Waals surface area contributed by atoms with E-state index in [4.69, 9.17) is 0 Å². The Hall–Kier alpha value is -2.15. The van der Waals surface area contributed by atoms with Crippen LogP contribution in [-0.2, 0) is 4.79 Å². The van der Waals surface area contributed by atoms with Gasteiger partial charge in [0, 0.05) is 12.3 Å². The zero-order valence-electron chi connectivity index (χ0n) is 11.9. The Labute approximate surface area is 130 Å². The third kappa shape index (κ3) is 2.76. The molecule has 0 fully saturated rings. The molecule has 0 saturated carbocycles. The van der Waals surface area contributed by atoms with Gasteiger partial charge in [-0.15, -0.1) is 0 Å². The van der Waals surface area contributed by atoms with E-state index in [1.54, 1.807) is 12.1 Å². The molecule has 1 aromatic heterocycles. The van der Waals surface area contributed by atoms with E-state index in [1.807, 2.05) is 6.92 Å². The first-order chi connectivity index (χ1) is 10.6. The fourth-order valence-electron chi connectivity index (χ4n) is 2.54. The van der Waals surface area contributed by atoms with Gasteiger partial charge < -0.3 is 10.3 Å². The Bertz CT molecular complexity index is 773. The molecule has 7 heteroatoms. The highest BCUT2D eigenvalue weighted by atomic mass is 32.2. The number of H-pyrrole nitrogens is 1. The van der Waals surface area contributed by atoms with Gasteiger partial charge in [0.05, 0.1) is 5.56 Å². The molecule has 2 aromatic rings. The summed E-state index contributed by atoms with van der Waals surface area (Å²) in [6.45, 7) is 1.95. The fourth-order valence-corrected chi connectivity index (χ4v) is 3.13. The average molecular weight is 319 g/mol. The Balaban J connectivity index is 2.11. The largest absolute Gasteiger partial charge is 0.310 e. The molecule has 3 rings (SSSR count). The summed E-state index contributed by atoms with van der Waals surface area (Å²) in [5, 5.41) is 3.13. The van der Waals surface area contributed by atoms with Gasteiger partial charge in [0.1, 0.15) is 11.6 Å². The van der Waals surface area contributed by atoms with Crippen LogP contribution in [0.25, 0.3) is 0 Å². The van der Waals surface area contributed by atoms with Crippen molar-refractivity contribution in [3.63, 3.8) is 0 Å². The van der Waals surface area contributed by atoms with Gasteiger partial charge in [-0.05, 0) is 23.4 Å². The molecule has 0 aliphatic carbocycles. The lowest BCUT2D eigenvalue weighted by molar-refractivity contribution is -0.116. The fraction of sp³-hybridized carbons (Fsp3) is 0.267. The van der Waals surface area contributed by atoms with Crippen LogP contribution in [0.1, 0.15) is 30.4 Å². The lowest BCUT2D eigenvalue weighted by Gasteiger charge is -2.24. The van der Waals surface area contributed by atoms with Crippen molar-refractivity contribution in [3.8, 4) is 0 Å². The van der Waals surface area contributed by atoms with Crippen LogP contribution in [-0.4, -0.2) is 21.6 Å². The summed E-state index contributed by atoms with van der Waals surface area (Å²) in [7, 11) is 0. The van der Waals surface area contributed by atoms with Crippen molar-refractivity contribution >= 4 is 23.5 Å². The molecule has 1 aromatic carbocycles. The molecule has 0 bridgehead atoms. The van der Waals surface area contributed by atoms with Gasteiger partial charge in [-0.3, -0.25) is 9.59 Å². The topological polar surface area (TPSA) is 74.8 Å². The van der Waals surface area contributed by atoms with E-state index in [-0.39, 0.29) is 23.7 Å². The van der Waals surface area contributed by atoms with Gasteiger partial charge in [-0.2, -0.15) is 0 Å². The summed E-state index contributed by atoms with van der Waals surface area (Å²) in [4.78, 5) is 31.3. The van der Waals surface area contributed by atoms with Crippen LogP contribution in [0, 0.1) is 5.82 Å². The van der Waals surface area contributed by atoms with E-state index in [9.17, 15) is 14.0 Å². The highest BCUT2D eigenvalue weighted by Crippen LogP contribution is 2.34. The number of hydrogen-bond acceptors (Lipinski definition) is 4. The number of nitrogens with zero attached hydrogens (tertiary/aromatic N) is 1. The molecular formula is C15H14FN3O2S. The summed E-state index contributed by atoms with van der Waals surface area (Å²) in [5.74, 6) is 0.0849. The first-order valence-corrected chi connectivity index (χ1v) is 7.89. The SMILES string of the molecule is CCSc1nc2c(c(=O)[nH]1)[C@@H](c1ccc(F)cc1)CC(=O)N2. The number of fused-ring (bicyclic) bond motifs is 1. The lowest BCUT2D eigenvalue weighted by Crippen LogP contribution is -2.31. The maximum absolute atomic E-state index is 13.1. The second-order valence-electron chi connectivity index (χ2n) is 4.92. The Morgan fingerprint density at radius 3 is 2.73 bits per heavy atom. The molecule has 0 unspecified atom stereocenters. The quantitative estimate of drug-likeness (QED) is 0.673. The number of benzene rings is 1. The van der Waals surface area contributed by atoms with Crippen molar-refractivity contribution in [2.24, 2.45) is 0 Å². The molecule has 1 aliphatic heterocycles.